The van der Waals surface area contributed by atoms with Gasteiger partial charge in [0.05, 0.1) is 24.9 Å². The molecule has 13 heteroatoms. The van der Waals surface area contributed by atoms with Crippen LogP contribution in [0.25, 0.3) is 22.2 Å². The van der Waals surface area contributed by atoms with Gasteiger partial charge in [0.1, 0.15) is 41.3 Å². The summed E-state index contributed by atoms with van der Waals surface area (Å²) in [7, 11) is 1.57. The zero-order valence-corrected chi connectivity index (χ0v) is 31.9. The minimum absolute atomic E-state index is 0.0145. The number of methoxy groups -OCH3 is 1. The van der Waals surface area contributed by atoms with Gasteiger partial charge >= 0.3 is 5.97 Å². The molecule has 3 fully saturated rings. The van der Waals surface area contributed by atoms with Crippen LogP contribution in [0.2, 0.25) is 0 Å². The second-order valence-corrected chi connectivity index (χ2v) is 15.4. The van der Waals surface area contributed by atoms with Gasteiger partial charge < -0.3 is 35.4 Å². The molecule has 1 aliphatic heterocycles. The van der Waals surface area contributed by atoms with Crippen molar-refractivity contribution in [1.82, 2.24) is 25.8 Å². The number of hydrogen-bond donors (Lipinski definition) is 4. The van der Waals surface area contributed by atoms with E-state index < -0.39 is 65.3 Å². The third-order valence-corrected chi connectivity index (χ3v) is 11.2. The molecule has 3 aliphatic rings. The van der Waals surface area contributed by atoms with Crippen molar-refractivity contribution in [2.45, 2.75) is 95.5 Å². The summed E-state index contributed by atoms with van der Waals surface area (Å²) in [5, 5.41) is 19.3. The van der Waals surface area contributed by atoms with Gasteiger partial charge in [-0.25, -0.2) is 9.78 Å². The van der Waals surface area contributed by atoms with Crippen LogP contribution in [0.4, 0.5) is 0 Å². The van der Waals surface area contributed by atoms with Crippen LogP contribution < -0.4 is 25.4 Å². The number of benzene rings is 2. The number of carbonyl (C=O) groups excluding carboxylic acids is 4. The fraction of sp³-hybridized carbons (Fsp3) is 0.476. The highest BCUT2D eigenvalue weighted by Crippen LogP contribution is 2.45. The first-order chi connectivity index (χ1) is 26.3. The van der Waals surface area contributed by atoms with Crippen molar-refractivity contribution >= 4 is 40.5 Å². The molecular weight excluding hydrogens is 702 g/mol. The number of fused-ring (bicyclic) bond motifs is 1. The Morgan fingerprint density at radius 3 is 2.36 bits per heavy atom. The molecule has 2 saturated carbocycles. The van der Waals surface area contributed by atoms with E-state index in [1.165, 1.54) is 17.9 Å². The fourth-order valence-corrected chi connectivity index (χ4v) is 8.05. The Labute approximate surface area is 321 Å². The van der Waals surface area contributed by atoms with E-state index in [0.29, 0.717) is 28.1 Å². The number of nitrogens with zero attached hydrogens (tertiary/aromatic N) is 2. The number of carbonyl (C=O) groups is 5. The average Bonchev–Trinajstić information content (AvgIpc) is 3.75. The van der Waals surface area contributed by atoms with Crippen LogP contribution in [0.3, 0.4) is 0 Å². The van der Waals surface area contributed by atoms with Crippen molar-refractivity contribution in [2.24, 2.45) is 17.8 Å². The first kappa shape index (κ1) is 39.2. The number of ether oxygens (including phenoxy) is 2. The fourth-order valence-electron chi connectivity index (χ4n) is 8.05. The van der Waals surface area contributed by atoms with Gasteiger partial charge in [-0.15, -0.1) is 6.58 Å². The van der Waals surface area contributed by atoms with Gasteiger partial charge in [0.2, 0.25) is 23.6 Å². The number of hydrogen-bond acceptors (Lipinski definition) is 8. The maximum atomic E-state index is 14.6. The van der Waals surface area contributed by atoms with Crippen LogP contribution in [0, 0.1) is 17.8 Å². The van der Waals surface area contributed by atoms with E-state index in [0.717, 1.165) is 37.7 Å². The lowest BCUT2D eigenvalue weighted by Crippen LogP contribution is -2.60. The maximum Gasteiger partial charge on any atom is 0.330 e. The van der Waals surface area contributed by atoms with Gasteiger partial charge in [0.25, 0.3) is 0 Å². The molecule has 2 aliphatic carbocycles. The first-order valence-corrected chi connectivity index (χ1v) is 19.1. The van der Waals surface area contributed by atoms with E-state index in [2.05, 4.69) is 22.5 Å². The smallest absolute Gasteiger partial charge is 0.330 e. The van der Waals surface area contributed by atoms with Gasteiger partial charge in [-0.1, -0.05) is 69.5 Å². The number of amides is 4. The third-order valence-electron chi connectivity index (χ3n) is 11.2. The Morgan fingerprint density at radius 1 is 1.02 bits per heavy atom. The van der Waals surface area contributed by atoms with Crippen LogP contribution >= 0.6 is 0 Å². The summed E-state index contributed by atoms with van der Waals surface area (Å²) >= 11 is 0. The number of carboxylic acids is 1. The van der Waals surface area contributed by atoms with Gasteiger partial charge in [0.15, 0.2) is 0 Å². The van der Waals surface area contributed by atoms with E-state index in [9.17, 15) is 29.1 Å². The van der Waals surface area contributed by atoms with E-state index in [4.69, 9.17) is 14.5 Å². The van der Waals surface area contributed by atoms with E-state index >= 15 is 0 Å². The molecular formula is C42H51N5O8. The number of likely N-dealkylation sites (tertiary alicyclic amines) is 1. The van der Waals surface area contributed by atoms with Crippen molar-refractivity contribution in [3.63, 3.8) is 0 Å². The lowest BCUT2D eigenvalue weighted by molar-refractivity contribution is -0.146. The molecule has 2 heterocycles. The Hall–Kier alpha value is -5.46. The minimum Gasteiger partial charge on any atom is -0.497 e. The SMILES string of the molecule is C=C[C@@H]1C[C@]1(NC(=O)[C@@H]1C[C@@H](Oc2cc(-c3ccccc3)nc3cc(OC)ccc23)CN1C(=O)[C@@H](NC(=O)[C@@H](NC(C)=O)C1CCCCC1)C(C)C)C(=O)O. The van der Waals surface area contributed by atoms with Crippen molar-refractivity contribution < 1.29 is 38.6 Å². The molecule has 13 nitrogen and oxygen atoms in total. The second kappa shape index (κ2) is 16.5. The molecule has 0 radical (unpaired) electrons. The minimum atomic E-state index is -1.52. The summed E-state index contributed by atoms with van der Waals surface area (Å²) in [6.45, 7) is 8.69. The van der Waals surface area contributed by atoms with Crippen molar-refractivity contribution in [3.05, 3.63) is 67.3 Å². The van der Waals surface area contributed by atoms with Crippen LogP contribution in [0.1, 0.15) is 65.7 Å². The standard InChI is InChI=1S/C42H51N5O8/c1-6-28-22-42(28,41(52)53)46-38(49)34-20-30(55-35-21-32(26-13-9-7-10-14-26)44-33-19-29(54-5)17-18-31(33)35)23-47(34)40(51)36(24(2)3)45-39(50)37(43-25(4)48)27-15-11-8-12-16-27/h6-7,9-10,13-14,17-19,21,24,27-28,30,34,36-37H,1,8,11-12,15-16,20,22-23H2,2-5H3,(H,43,48)(H,45,50)(H,46,49)(H,52,53)/t28-,30-,34+,36+,37+,42-/m1/s1. The van der Waals surface area contributed by atoms with Gasteiger partial charge in [-0.05, 0) is 43.2 Å². The number of aromatic nitrogens is 1. The molecule has 3 aromatic rings. The number of nitrogens with one attached hydrogen (secondary N) is 3. The van der Waals surface area contributed by atoms with Crippen molar-refractivity contribution in [2.75, 3.05) is 13.7 Å². The third kappa shape index (κ3) is 8.45. The number of aliphatic carboxylic acids is 1. The van der Waals surface area contributed by atoms with Crippen LogP contribution in [0.15, 0.2) is 67.3 Å². The molecule has 6 atom stereocenters. The Morgan fingerprint density at radius 2 is 1.75 bits per heavy atom. The number of rotatable bonds is 14. The molecule has 1 aromatic heterocycles. The van der Waals surface area contributed by atoms with Crippen LogP contribution in [-0.2, 0) is 24.0 Å². The summed E-state index contributed by atoms with van der Waals surface area (Å²) in [4.78, 5) is 73.5. The Kier molecular flexibility index (Phi) is 11.8. The molecule has 6 rings (SSSR count). The average molecular weight is 754 g/mol. The monoisotopic (exact) mass is 753 g/mol. The van der Waals surface area contributed by atoms with Gasteiger partial charge in [-0.3, -0.25) is 19.2 Å². The van der Waals surface area contributed by atoms with Gasteiger partial charge in [0, 0.05) is 42.3 Å². The second-order valence-electron chi connectivity index (χ2n) is 15.4. The summed E-state index contributed by atoms with van der Waals surface area (Å²) in [5.74, 6) is -2.93. The van der Waals surface area contributed by atoms with Gasteiger partial charge in [-0.2, -0.15) is 0 Å². The van der Waals surface area contributed by atoms with Crippen molar-refractivity contribution in [3.8, 4) is 22.8 Å². The molecule has 4 amide bonds. The lowest BCUT2D eigenvalue weighted by atomic mass is 9.83. The molecule has 2 aromatic carbocycles. The molecule has 55 heavy (non-hydrogen) atoms. The maximum absolute atomic E-state index is 14.6. The predicted molar refractivity (Wildman–Crippen MR) is 206 cm³/mol. The first-order valence-electron chi connectivity index (χ1n) is 19.1. The molecule has 4 N–H and O–H groups in total. The van der Waals surface area contributed by atoms with Crippen LogP contribution in [-0.4, -0.2) is 88.0 Å². The molecule has 0 unspecified atom stereocenters. The highest BCUT2D eigenvalue weighted by Gasteiger charge is 2.61. The van der Waals surface area contributed by atoms with E-state index in [-0.39, 0.29) is 31.2 Å². The zero-order chi connectivity index (χ0) is 39.4. The number of pyridine rings is 1. The van der Waals surface area contributed by atoms with Crippen LogP contribution in [0.5, 0.6) is 11.5 Å². The normalized spacial score (nSPS) is 23.4. The molecule has 292 valence electrons. The highest BCUT2D eigenvalue weighted by atomic mass is 16.5. The lowest BCUT2D eigenvalue weighted by Gasteiger charge is -2.34. The topological polar surface area (TPSA) is 176 Å². The molecule has 1 saturated heterocycles. The largest absolute Gasteiger partial charge is 0.497 e. The summed E-state index contributed by atoms with van der Waals surface area (Å²) in [5.41, 5.74) is 0.615. The number of carboxylic acid groups (broad SMARTS) is 1. The molecule has 0 bridgehead atoms. The summed E-state index contributed by atoms with van der Waals surface area (Å²) in [6.07, 6.45) is 5.59. The van der Waals surface area contributed by atoms with Crippen molar-refractivity contribution in [1.29, 1.82) is 0 Å². The Balaban J connectivity index is 1.32. The highest BCUT2D eigenvalue weighted by molar-refractivity contribution is 5.97. The van der Waals surface area contributed by atoms with E-state index in [1.807, 2.05) is 48.5 Å². The quantitative estimate of drug-likeness (QED) is 0.171. The zero-order valence-electron chi connectivity index (χ0n) is 31.9. The summed E-state index contributed by atoms with van der Waals surface area (Å²) in [6, 6.07) is 13.9. The Bertz CT molecular complexity index is 1950. The van der Waals surface area contributed by atoms with E-state index in [1.54, 1.807) is 27.0 Å². The predicted octanol–water partition coefficient (Wildman–Crippen LogP) is 4.63. The summed E-state index contributed by atoms with van der Waals surface area (Å²) < 4.78 is 12.1. The molecule has 0 spiro atoms.